The van der Waals surface area contributed by atoms with Crippen molar-refractivity contribution in [3.05, 3.63) is 45.3 Å². The summed E-state index contributed by atoms with van der Waals surface area (Å²) in [5, 5.41) is 9.03. The third-order valence-corrected chi connectivity index (χ3v) is 4.64. The molecule has 2 aromatic heterocycles. The summed E-state index contributed by atoms with van der Waals surface area (Å²) in [4.78, 5) is 12.0. The molecule has 2 heterocycles. The van der Waals surface area contributed by atoms with E-state index in [1.165, 1.54) is 29.2 Å². The van der Waals surface area contributed by atoms with Crippen LogP contribution in [0.4, 0.5) is 5.13 Å². The van der Waals surface area contributed by atoms with Gasteiger partial charge in [0.1, 0.15) is 11.3 Å². The highest BCUT2D eigenvalue weighted by Gasteiger charge is 2.08. The molecule has 8 heteroatoms. The predicted molar refractivity (Wildman–Crippen MR) is 81.4 cm³/mol. The third-order valence-electron chi connectivity index (χ3n) is 2.50. The minimum absolute atomic E-state index is 0.110. The molecule has 0 bridgehead atoms. The number of fused-ring (bicyclic) bond motifs is 1. The van der Waals surface area contributed by atoms with Gasteiger partial charge in [-0.1, -0.05) is 34.7 Å². The van der Waals surface area contributed by atoms with E-state index in [-0.39, 0.29) is 5.43 Å². The van der Waals surface area contributed by atoms with Crippen LogP contribution < -0.4 is 11.2 Å². The summed E-state index contributed by atoms with van der Waals surface area (Å²) in [6.45, 7) is 0. The van der Waals surface area contributed by atoms with Crippen LogP contribution in [0.25, 0.3) is 11.0 Å². The molecule has 0 unspecified atom stereocenters. The minimum atomic E-state index is -0.110. The summed E-state index contributed by atoms with van der Waals surface area (Å²) in [6, 6.07) is 6.45. The number of aromatic nitrogens is 2. The van der Waals surface area contributed by atoms with Gasteiger partial charge in [-0.2, -0.15) is 0 Å². The Kier molecular flexibility index (Phi) is 3.64. The van der Waals surface area contributed by atoms with Crippen molar-refractivity contribution < 1.29 is 4.42 Å². The number of hydrogen-bond donors (Lipinski definition) is 1. The maximum absolute atomic E-state index is 12.0. The van der Waals surface area contributed by atoms with Crippen molar-refractivity contribution in [2.24, 2.45) is 0 Å². The molecule has 0 radical (unpaired) electrons. The first kappa shape index (κ1) is 13.4. The van der Waals surface area contributed by atoms with Gasteiger partial charge >= 0.3 is 0 Å². The van der Waals surface area contributed by atoms with Crippen LogP contribution in [-0.2, 0) is 5.75 Å². The number of anilines is 1. The lowest BCUT2D eigenvalue weighted by Crippen LogP contribution is -2.01. The van der Waals surface area contributed by atoms with Crippen LogP contribution in [0.3, 0.4) is 0 Å². The Hall–Kier alpha value is -1.57. The molecular weight excluding hydrogens is 318 g/mol. The molecule has 102 valence electrons. The van der Waals surface area contributed by atoms with E-state index < -0.39 is 0 Å². The molecule has 0 aliphatic rings. The fourth-order valence-corrected chi connectivity index (χ4v) is 3.35. The predicted octanol–water partition coefficient (Wildman–Crippen LogP) is 3.17. The van der Waals surface area contributed by atoms with Crippen molar-refractivity contribution in [1.29, 1.82) is 0 Å². The number of hydrogen-bond acceptors (Lipinski definition) is 7. The Balaban J connectivity index is 1.89. The zero-order chi connectivity index (χ0) is 14.1. The van der Waals surface area contributed by atoms with E-state index in [0.29, 0.717) is 32.6 Å². The largest absolute Gasteiger partial charge is 0.460 e. The first-order valence-electron chi connectivity index (χ1n) is 5.56. The van der Waals surface area contributed by atoms with Gasteiger partial charge in [0.05, 0.1) is 11.1 Å². The molecule has 0 amide bonds. The Morgan fingerprint density at radius 1 is 1.35 bits per heavy atom. The molecule has 0 spiro atoms. The standard InChI is InChI=1S/C12H8ClN3O2S2/c13-6-1-2-10-8(3-6)9(17)4-7(18-10)5-19-12-16-15-11(14)20-12/h1-4H,5H2,(H2,14,15). The Labute approximate surface area is 126 Å². The van der Waals surface area contributed by atoms with Crippen LogP contribution in [0.15, 0.2) is 37.8 Å². The second-order valence-corrected chi connectivity index (χ2v) is 6.58. The molecule has 2 N–H and O–H groups in total. The van der Waals surface area contributed by atoms with E-state index in [9.17, 15) is 4.79 Å². The number of thioether (sulfide) groups is 1. The van der Waals surface area contributed by atoms with Crippen molar-refractivity contribution >= 4 is 50.8 Å². The van der Waals surface area contributed by atoms with Crippen molar-refractivity contribution in [3.8, 4) is 0 Å². The molecule has 0 aliphatic heterocycles. The lowest BCUT2D eigenvalue weighted by atomic mass is 10.2. The van der Waals surface area contributed by atoms with E-state index >= 15 is 0 Å². The number of nitrogens with zero attached hydrogens (tertiary/aromatic N) is 2. The molecule has 1 aromatic carbocycles. The van der Waals surface area contributed by atoms with Crippen molar-refractivity contribution in [1.82, 2.24) is 10.2 Å². The van der Waals surface area contributed by atoms with Crippen LogP contribution in [-0.4, -0.2) is 10.2 Å². The van der Waals surface area contributed by atoms with E-state index in [0.717, 1.165) is 4.34 Å². The number of nitrogens with two attached hydrogens (primary N) is 1. The van der Waals surface area contributed by atoms with Crippen molar-refractivity contribution in [2.45, 2.75) is 10.1 Å². The highest BCUT2D eigenvalue weighted by molar-refractivity contribution is 8.00. The third kappa shape index (κ3) is 2.79. The normalized spacial score (nSPS) is 11.1. The van der Waals surface area contributed by atoms with Gasteiger partial charge in [-0.25, -0.2) is 0 Å². The fraction of sp³-hybridized carbons (Fsp3) is 0.0833. The number of halogens is 1. The molecule has 0 saturated carbocycles. The van der Waals surface area contributed by atoms with Gasteiger partial charge in [-0.15, -0.1) is 10.2 Å². The molecule has 0 saturated heterocycles. The quantitative estimate of drug-likeness (QED) is 0.745. The Morgan fingerprint density at radius 2 is 2.20 bits per heavy atom. The van der Waals surface area contributed by atoms with Crippen LogP contribution in [0.5, 0.6) is 0 Å². The lowest BCUT2D eigenvalue weighted by molar-refractivity contribution is 0.560. The van der Waals surface area contributed by atoms with Crippen LogP contribution in [0.2, 0.25) is 5.02 Å². The second-order valence-electron chi connectivity index (χ2n) is 3.91. The van der Waals surface area contributed by atoms with Crippen molar-refractivity contribution in [3.63, 3.8) is 0 Å². The van der Waals surface area contributed by atoms with Gasteiger partial charge in [-0.05, 0) is 18.2 Å². The summed E-state index contributed by atoms with van der Waals surface area (Å²) in [5.74, 6) is 1.06. The number of nitrogen functional groups attached to an aromatic ring is 1. The van der Waals surface area contributed by atoms with Crippen molar-refractivity contribution in [2.75, 3.05) is 5.73 Å². The van der Waals surface area contributed by atoms with E-state index in [1.54, 1.807) is 18.2 Å². The number of rotatable bonds is 3. The van der Waals surface area contributed by atoms with Crippen LogP contribution in [0, 0.1) is 0 Å². The van der Waals surface area contributed by atoms with Gasteiger partial charge < -0.3 is 10.2 Å². The fourth-order valence-electron chi connectivity index (χ4n) is 1.66. The topological polar surface area (TPSA) is 82.0 Å². The summed E-state index contributed by atoms with van der Waals surface area (Å²) in [7, 11) is 0. The first-order chi connectivity index (χ1) is 9.61. The first-order valence-corrected chi connectivity index (χ1v) is 7.74. The summed E-state index contributed by atoms with van der Waals surface area (Å²) >= 11 is 8.58. The second kappa shape index (κ2) is 5.43. The van der Waals surface area contributed by atoms with Gasteiger partial charge in [-0.3, -0.25) is 4.79 Å². The monoisotopic (exact) mass is 325 g/mol. The Bertz CT molecular complexity index is 831. The summed E-state index contributed by atoms with van der Waals surface area (Å²) in [6.07, 6.45) is 0. The minimum Gasteiger partial charge on any atom is -0.460 e. The van der Waals surface area contributed by atoms with Gasteiger partial charge in [0.15, 0.2) is 9.77 Å². The molecule has 3 aromatic rings. The highest BCUT2D eigenvalue weighted by Crippen LogP contribution is 2.27. The average molecular weight is 326 g/mol. The van der Waals surface area contributed by atoms with E-state index in [1.807, 2.05) is 0 Å². The van der Waals surface area contributed by atoms with Gasteiger partial charge in [0.2, 0.25) is 5.13 Å². The molecule has 3 rings (SSSR count). The van der Waals surface area contributed by atoms with Gasteiger partial charge in [0.25, 0.3) is 0 Å². The zero-order valence-corrected chi connectivity index (χ0v) is 12.4. The maximum atomic E-state index is 12.0. The van der Waals surface area contributed by atoms with E-state index in [4.69, 9.17) is 21.8 Å². The molecule has 0 atom stereocenters. The number of benzene rings is 1. The Morgan fingerprint density at radius 3 is 2.95 bits per heavy atom. The van der Waals surface area contributed by atoms with Crippen LogP contribution >= 0.6 is 34.7 Å². The van der Waals surface area contributed by atoms with Crippen LogP contribution in [0.1, 0.15) is 5.76 Å². The maximum Gasteiger partial charge on any atom is 0.203 e. The smallest absolute Gasteiger partial charge is 0.203 e. The van der Waals surface area contributed by atoms with Gasteiger partial charge in [0, 0.05) is 11.1 Å². The molecular formula is C12H8ClN3O2S2. The molecule has 20 heavy (non-hydrogen) atoms. The zero-order valence-electron chi connectivity index (χ0n) is 10.00. The highest BCUT2D eigenvalue weighted by atomic mass is 35.5. The SMILES string of the molecule is Nc1nnc(SCc2cc(=O)c3cc(Cl)ccc3o2)s1. The summed E-state index contributed by atoms with van der Waals surface area (Å²) < 4.78 is 6.41. The lowest BCUT2D eigenvalue weighted by Gasteiger charge is -2.01. The molecule has 0 aliphatic carbocycles. The molecule has 0 fully saturated rings. The summed E-state index contributed by atoms with van der Waals surface area (Å²) in [5.41, 5.74) is 5.92. The average Bonchev–Trinajstić information content (AvgIpc) is 2.83. The molecule has 5 nitrogen and oxygen atoms in total. The van der Waals surface area contributed by atoms with E-state index in [2.05, 4.69) is 10.2 Å².